The minimum atomic E-state index is -0.104. The van der Waals surface area contributed by atoms with Crippen LogP contribution in [0.3, 0.4) is 0 Å². The molecule has 10 heavy (non-hydrogen) atoms. The molecule has 1 fully saturated rings. The van der Waals surface area contributed by atoms with Gasteiger partial charge in [-0.25, -0.2) is 0 Å². The first-order valence-electron chi connectivity index (χ1n) is 3.97. The molecule has 0 amide bonds. The summed E-state index contributed by atoms with van der Waals surface area (Å²) in [6, 6.07) is 0.341. The zero-order valence-electron chi connectivity index (χ0n) is 6.03. The topological polar surface area (TPSA) is 23.5 Å². The van der Waals surface area contributed by atoms with E-state index in [2.05, 4.69) is 17.1 Å². The molecule has 2 heteroatoms. The highest BCUT2D eigenvalue weighted by atomic mass is 16.3. The number of nitrogens with zero attached hydrogens (tertiary/aromatic N) is 1. The minimum Gasteiger partial charge on any atom is -0.391 e. The van der Waals surface area contributed by atoms with E-state index in [1.165, 1.54) is 0 Å². The highest BCUT2D eigenvalue weighted by Gasteiger charge is 2.29. The summed E-state index contributed by atoms with van der Waals surface area (Å²) in [6.07, 6.45) is 6.31. The highest BCUT2D eigenvalue weighted by Crippen LogP contribution is 2.21. The van der Waals surface area contributed by atoms with Gasteiger partial charge in [0.25, 0.3) is 0 Å². The molecule has 0 aromatic heterocycles. The minimum absolute atomic E-state index is 0.104. The second-order valence-corrected chi connectivity index (χ2v) is 3.12. The number of fused-ring (bicyclic) bond motifs is 1. The van der Waals surface area contributed by atoms with E-state index >= 15 is 0 Å². The van der Waals surface area contributed by atoms with Crippen LogP contribution in [0, 0.1) is 0 Å². The van der Waals surface area contributed by atoms with Gasteiger partial charge in [-0.1, -0.05) is 12.2 Å². The molecule has 2 atom stereocenters. The second kappa shape index (κ2) is 2.36. The smallest absolute Gasteiger partial charge is 0.0731 e. The average molecular weight is 139 g/mol. The maximum atomic E-state index is 9.49. The molecule has 0 aliphatic carbocycles. The molecule has 2 rings (SSSR count). The fraction of sp³-hybridized carbons (Fsp3) is 0.750. The Labute approximate surface area is 61.1 Å². The maximum Gasteiger partial charge on any atom is 0.0731 e. The zero-order valence-corrected chi connectivity index (χ0v) is 6.03. The molecule has 1 saturated heterocycles. The van der Waals surface area contributed by atoms with Crippen LogP contribution in [-0.4, -0.2) is 35.2 Å². The van der Waals surface area contributed by atoms with E-state index < -0.39 is 0 Å². The first kappa shape index (κ1) is 6.38. The fourth-order valence-corrected chi connectivity index (χ4v) is 1.87. The average Bonchev–Trinajstić information content (AvgIpc) is 2.36. The lowest BCUT2D eigenvalue weighted by Gasteiger charge is -2.33. The Kier molecular flexibility index (Phi) is 1.51. The summed E-state index contributed by atoms with van der Waals surface area (Å²) in [5, 5.41) is 9.49. The summed E-state index contributed by atoms with van der Waals surface area (Å²) in [7, 11) is 0. The molecule has 2 nitrogen and oxygen atoms in total. The van der Waals surface area contributed by atoms with Crippen LogP contribution in [0.4, 0.5) is 0 Å². The van der Waals surface area contributed by atoms with Gasteiger partial charge in [0.05, 0.1) is 12.1 Å². The van der Waals surface area contributed by atoms with E-state index in [9.17, 15) is 5.11 Å². The largest absolute Gasteiger partial charge is 0.391 e. The van der Waals surface area contributed by atoms with Crippen LogP contribution in [0.15, 0.2) is 12.2 Å². The second-order valence-electron chi connectivity index (χ2n) is 3.12. The third-order valence-corrected chi connectivity index (χ3v) is 2.43. The molecule has 0 aromatic rings. The molecule has 1 N–H and O–H groups in total. The molecule has 2 heterocycles. The van der Waals surface area contributed by atoms with Gasteiger partial charge < -0.3 is 5.11 Å². The van der Waals surface area contributed by atoms with Crippen molar-refractivity contribution in [3.8, 4) is 0 Å². The molecule has 2 aliphatic rings. The van der Waals surface area contributed by atoms with Gasteiger partial charge >= 0.3 is 0 Å². The predicted octanol–water partition coefficient (Wildman–Crippen LogP) is 0.381. The molecular weight excluding hydrogens is 126 g/mol. The van der Waals surface area contributed by atoms with Gasteiger partial charge in [0, 0.05) is 6.54 Å². The molecular formula is C8H13NO. The molecule has 0 saturated carbocycles. The molecule has 2 unspecified atom stereocenters. The lowest BCUT2D eigenvalue weighted by atomic mass is 10.0. The Morgan fingerprint density at radius 2 is 2.40 bits per heavy atom. The van der Waals surface area contributed by atoms with Crippen molar-refractivity contribution >= 4 is 0 Å². The summed E-state index contributed by atoms with van der Waals surface area (Å²) in [5.41, 5.74) is 0. The Balaban J connectivity index is 2.08. The van der Waals surface area contributed by atoms with Crippen molar-refractivity contribution in [3.05, 3.63) is 12.2 Å². The van der Waals surface area contributed by atoms with Crippen molar-refractivity contribution in [1.29, 1.82) is 0 Å². The van der Waals surface area contributed by atoms with Gasteiger partial charge in [0.1, 0.15) is 0 Å². The number of hydrogen-bond donors (Lipinski definition) is 1. The van der Waals surface area contributed by atoms with Crippen molar-refractivity contribution in [1.82, 2.24) is 4.90 Å². The number of rotatable bonds is 0. The van der Waals surface area contributed by atoms with Crippen molar-refractivity contribution in [2.45, 2.75) is 25.0 Å². The molecule has 0 radical (unpaired) electrons. The Morgan fingerprint density at radius 1 is 1.50 bits per heavy atom. The summed E-state index contributed by atoms with van der Waals surface area (Å²) in [6.45, 7) is 2.20. The van der Waals surface area contributed by atoms with Gasteiger partial charge in [-0.3, -0.25) is 4.90 Å². The van der Waals surface area contributed by atoms with Crippen LogP contribution in [-0.2, 0) is 0 Å². The van der Waals surface area contributed by atoms with E-state index in [1.807, 2.05) is 0 Å². The van der Waals surface area contributed by atoms with E-state index in [4.69, 9.17) is 0 Å². The standard InChI is InChI=1S/C8H13NO/c10-8-4-2-6-9-5-1-3-7(8)9/h1,3,7-8,10H,2,4-6H2. The number of aliphatic hydroxyl groups is 1. The first-order valence-corrected chi connectivity index (χ1v) is 3.97. The monoisotopic (exact) mass is 139 g/mol. The van der Waals surface area contributed by atoms with Crippen molar-refractivity contribution in [2.24, 2.45) is 0 Å². The number of piperidine rings is 1. The fourth-order valence-electron chi connectivity index (χ4n) is 1.87. The lowest BCUT2D eigenvalue weighted by Crippen LogP contribution is -2.43. The van der Waals surface area contributed by atoms with E-state index in [0.29, 0.717) is 6.04 Å². The summed E-state index contributed by atoms with van der Waals surface area (Å²) in [5.74, 6) is 0. The van der Waals surface area contributed by atoms with Crippen LogP contribution < -0.4 is 0 Å². The summed E-state index contributed by atoms with van der Waals surface area (Å²) < 4.78 is 0. The quantitative estimate of drug-likeness (QED) is 0.490. The highest BCUT2D eigenvalue weighted by molar-refractivity contribution is 5.08. The van der Waals surface area contributed by atoms with Crippen molar-refractivity contribution < 1.29 is 5.11 Å². The van der Waals surface area contributed by atoms with E-state index in [-0.39, 0.29) is 6.10 Å². The zero-order chi connectivity index (χ0) is 6.97. The van der Waals surface area contributed by atoms with Gasteiger partial charge in [-0.05, 0) is 19.4 Å². The maximum absolute atomic E-state index is 9.49. The van der Waals surface area contributed by atoms with Crippen LogP contribution in [0.5, 0.6) is 0 Å². The summed E-state index contributed by atoms with van der Waals surface area (Å²) in [4.78, 5) is 2.33. The molecule has 2 aliphatic heterocycles. The molecule has 56 valence electrons. The first-order chi connectivity index (χ1) is 4.88. The van der Waals surface area contributed by atoms with Crippen LogP contribution >= 0.6 is 0 Å². The SMILES string of the molecule is OC1CCCN2CC=CC12. The number of aliphatic hydroxyl groups excluding tert-OH is 1. The Morgan fingerprint density at radius 3 is 3.20 bits per heavy atom. The number of hydrogen-bond acceptors (Lipinski definition) is 2. The van der Waals surface area contributed by atoms with E-state index in [0.717, 1.165) is 25.9 Å². The molecule has 0 spiro atoms. The Hall–Kier alpha value is -0.340. The molecule has 0 bridgehead atoms. The third-order valence-electron chi connectivity index (χ3n) is 2.43. The lowest BCUT2D eigenvalue weighted by molar-refractivity contribution is 0.0477. The Bertz CT molecular complexity index is 155. The van der Waals surface area contributed by atoms with Crippen LogP contribution in [0.25, 0.3) is 0 Å². The van der Waals surface area contributed by atoms with Crippen molar-refractivity contribution in [3.63, 3.8) is 0 Å². The third kappa shape index (κ3) is 0.879. The van der Waals surface area contributed by atoms with Gasteiger partial charge in [0.2, 0.25) is 0 Å². The predicted molar refractivity (Wildman–Crippen MR) is 39.7 cm³/mol. The van der Waals surface area contributed by atoms with E-state index in [1.54, 1.807) is 0 Å². The summed E-state index contributed by atoms with van der Waals surface area (Å²) >= 11 is 0. The van der Waals surface area contributed by atoms with Gasteiger partial charge in [-0.2, -0.15) is 0 Å². The van der Waals surface area contributed by atoms with Crippen LogP contribution in [0.1, 0.15) is 12.8 Å². The van der Waals surface area contributed by atoms with Gasteiger partial charge in [0.15, 0.2) is 0 Å². The normalized spacial score (nSPS) is 40.1. The van der Waals surface area contributed by atoms with Gasteiger partial charge in [-0.15, -0.1) is 0 Å². The molecule has 0 aromatic carbocycles. The van der Waals surface area contributed by atoms with Crippen molar-refractivity contribution in [2.75, 3.05) is 13.1 Å². The van der Waals surface area contributed by atoms with Crippen LogP contribution in [0.2, 0.25) is 0 Å².